The summed E-state index contributed by atoms with van der Waals surface area (Å²) in [6, 6.07) is 7.94. The Hall–Kier alpha value is -2.14. The Morgan fingerprint density at radius 2 is 2.10 bits per heavy atom. The molecule has 20 heavy (non-hydrogen) atoms. The monoisotopic (exact) mass is 283 g/mol. The number of nitrogens with zero attached hydrogens (tertiary/aromatic N) is 2. The predicted octanol–water partition coefficient (Wildman–Crippen LogP) is 3.54. The Morgan fingerprint density at radius 1 is 1.25 bits per heavy atom. The number of hydrogen-bond donors (Lipinski definition) is 1. The van der Waals surface area contributed by atoms with Crippen LogP contribution in [-0.4, -0.2) is 21.2 Å². The Bertz CT molecular complexity index is 795. The molecule has 1 N–H and O–H groups in total. The number of H-pyrrole nitrogens is 1. The van der Waals surface area contributed by atoms with Gasteiger partial charge in [0, 0.05) is 11.8 Å². The minimum Gasteiger partial charge on any atom is -0.333 e. The number of aryl methyl sites for hydroxylation is 2. The van der Waals surface area contributed by atoms with Crippen molar-refractivity contribution in [3.8, 4) is 0 Å². The summed E-state index contributed by atoms with van der Waals surface area (Å²) in [6.07, 6.45) is 2.38. The Morgan fingerprint density at radius 3 is 2.85 bits per heavy atom. The van der Waals surface area contributed by atoms with Crippen molar-refractivity contribution in [1.29, 1.82) is 0 Å². The number of rotatable bonds is 3. The van der Waals surface area contributed by atoms with Crippen LogP contribution < -0.4 is 0 Å². The van der Waals surface area contributed by atoms with Crippen molar-refractivity contribution in [1.82, 2.24) is 15.0 Å². The molecule has 3 aromatic rings. The lowest BCUT2D eigenvalue weighted by Crippen LogP contribution is -1.90. The van der Waals surface area contributed by atoms with E-state index in [1.807, 2.05) is 25.1 Å². The quantitative estimate of drug-likeness (QED) is 0.747. The zero-order valence-corrected chi connectivity index (χ0v) is 12.0. The number of carbonyl (C=O) groups is 1. The van der Waals surface area contributed by atoms with Crippen molar-refractivity contribution in [3.05, 3.63) is 47.2 Å². The lowest BCUT2D eigenvalue weighted by Gasteiger charge is -2.02. The van der Waals surface area contributed by atoms with E-state index in [0.29, 0.717) is 5.56 Å². The highest BCUT2D eigenvalue weighted by Crippen LogP contribution is 2.28. The number of pyridine rings is 1. The number of fused-ring (bicyclic) bond motifs is 1. The molecular weight excluding hydrogens is 270 g/mol. The molecule has 0 unspecified atom stereocenters. The number of benzene rings is 1. The summed E-state index contributed by atoms with van der Waals surface area (Å²) in [5, 5.41) is 1.66. The van der Waals surface area contributed by atoms with E-state index in [1.165, 1.54) is 17.3 Å². The van der Waals surface area contributed by atoms with Crippen LogP contribution in [0.2, 0.25) is 0 Å². The van der Waals surface area contributed by atoms with Crippen molar-refractivity contribution in [2.45, 2.75) is 24.0 Å². The molecule has 0 bridgehead atoms. The van der Waals surface area contributed by atoms with Crippen LogP contribution in [-0.2, 0) is 0 Å². The number of aromatic amines is 1. The highest BCUT2D eigenvalue weighted by molar-refractivity contribution is 7.99. The van der Waals surface area contributed by atoms with Crippen molar-refractivity contribution in [3.63, 3.8) is 0 Å². The summed E-state index contributed by atoms with van der Waals surface area (Å²) < 4.78 is 0. The van der Waals surface area contributed by atoms with E-state index in [-0.39, 0.29) is 0 Å². The number of aldehydes is 1. The summed E-state index contributed by atoms with van der Waals surface area (Å²) in [4.78, 5) is 22.8. The van der Waals surface area contributed by atoms with Gasteiger partial charge in [0.05, 0.1) is 11.0 Å². The molecule has 2 heterocycles. The lowest BCUT2D eigenvalue weighted by molar-refractivity contribution is 0.112. The van der Waals surface area contributed by atoms with E-state index in [2.05, 4.69) is 27.9 Å². The van der Waals surface area contributed by atoms with Crippen LogP contribution in [0.1, 0.15) is 21.5 Å². The van der Waals surface area contributed by atoms with Crippen molar-refractivity contribution in [2.75, 3.05) is 0 Å². The fourth-order valence-electron chi connectivity index (χ4n) is 2.00. The van der Waals surface area contributed by atoms with Gasteiger partial charge in [-0.3, -0.25) is 4.79 Å². The molecule has 0 radical (unpaired) electrons. The number of aromatic nitrogens is 3. The molecule has 1 aromatic carbocycles. The first-order valence-electron chi connectivity index (χ1n) is 6.22. The number of nitrogens with one attached hydrogen (secondary N) is 1. The van der Waals surface area contributed by atoms with Gasteiger partial charge in [0.15, 0.2) is 11.4 Å². The van der Waals surface area contributed by atoms with E-state index in [1.54, 1.807) is 6.20 Å². The fraction of sp³-hybridized carbons (Fsp3) is 0.133. The first-order valence-corrected chi connectivity index (χ1v) is 7.03. The highest BCUT2D eigenvalue weighted by atomic mass is 32.2. The lowest BCUT2D eigenvalue weighted by atomic mass is 10.2. The van der Waals surface area contributed by atoms with Crippen LogP contribution in [0, 0.1) is 13.8 Å². The smallest absolute Gasteiger partial charge is 0.172 e. The minimum absolute atomic E-state index is 0.590. The van der Waals surface area contributed by atoms with Crippen LogP contribution in [0.15, 0.2) is 40.6 Å². The SMILES string of the molecule is Cc1ccc2nc(Sc3ncc(C=O)cc3C)[nH]c2c1. The van der Waals surface area contributed by atoms with Crippen molar-refractivity contribution < 1.29 is 4.79 Å². The maximum Gasteiger partial charge on any atom is 0.172 e. The maximum absolute atomic E-state index is 10.7. The van der Waals surface area contributed by atoms with Gasteiger partial charge in [-0.1, -0.05) is 6.07 Å². The Balaban J connectivity index is 1.94. The molecule has 0 atom stereocenters. The molecule has 100 valence electrons. The first kappa shape index (κ1) is 12.9. The van der Waals surface area contributed by atoms with Gasteiger partial charge in [0.2, 0.25) is 0 Å². The molecule has 0 fully saturated rings. The molecule has 5 heteroatoms. The van der Waals surface area contributed by atoms with Crippen molar-refractivity contribution >= 4 is 29.1 Å². The van der Waals surface area contributed by atoms with Gasteiger partial charge in [-0.2, -0.15) is 0 Å². The van der Waals surface area contributed by atoms with E-state index in [0.717, 1.165) is 33.1 Å². The van der Waals surface area contributed by atoms with E-state index in [9.17, 15) is 4.79 Å². The summed E-state index contributed by atoms with van der Waals surface area (Å²) in [6.45, 7) is 3.99. The van der Waals surface area contributed by atoms with Gasteiger partial charge >= 0.3 is 0 Å². The third kappa shape index (κ3) is 2.44. The molecule has 0 saturated carbocycles. The average Bonchev–Trinajstić information content (AvgIpc) is 2.82. The third-order valence-corrected chi connectivity index (χ3v) is 4.00. The zero-order chi connectivity index (χ0) is 14.1. The van der Waals surface area contributed by atoms with Gasteiger partial charge in [-0.15, -0.1) is 0 Å². The molecule has 0 aliphatic rings. The Labute approximate surface area is 120 Å². The van der Waals surface area contributed by atoms with Crippen LogP contribution in [0.25, 0.3) is 11.0 Å². The predicted molar refractivity (Wildman–Crippen MR) is 79.3 cm³/mol. The molecule has 0 saturated heterocycles. The number of imidazole rings is 1. The molecule has 0 amide bonds. The Kier molecular flexibility index (Phi) is 3.28. The second-order valence-corrected chi connectivity index (χ2v) is 5.65. The van der Waals surface area contributed by atoms with Gasteiger partial charge in [0.1, 0.15) is 5.03 Å². The molecule has 0 aliphatic heterocycles. The molecule has 3 rings (SSSR count). The molecule has 2 aromatic heterocycles. The maximum atomic E-state index is 10.7. The first-order chi connectivity index (χ1) is 9.65. The van der Waals surface area contributed by atoms with Gasteiger partial charge in [-0.05, 0) is 54.9 Å². The molecule has 4 nitrogen and oxygen atoms in total. The molecule has 0 spiro atoms. The normalized spacial score (nSPS) is 10.9. The minimum atomic E-state index is 0.590. The van der Waals surface area contributed by atoms with Gasteiger partial charge < -0.3 is 4.98 Å². The molecule has 0 aliphatic carbocycles. The van der Waals surface area contributed by atoms with E-state index in [4.69, 9.17) is 0 Å². The van der Waals surface area contributed by atoms with Crippen LogP contribution in [0.5, 0.6) is 0 Å². The van der Waals surface area contributed by atoms with Crippen LogP contribution in [0.3, 0.4) is 0 Å². The van der Waals surface area contributed by atoms with Gasteiger partial charge in [0.25, 0.3) is 0 Å². The average molecular weight is 283 g/mol. The van der Waals surface area contributed by atoms with Crippen LogP contribution >= 0.6 is 11.8 Å². The van der Waals surface area contributed by atoms with E-state index >= 15 is 0 Å². The number of hydrogen-bond acceptors (Lipinski definition) is 4. The van der Waals surface area contributed by atoms with Crippen LogP contribution in [0.4, 0.5) is 0 Å². The number of carbonyl (C=O) groups excluding carboxylic acids is 1. The topological polar surface area (TPSA) is 58.6 Å². The summed E-state index contributed by atoms with van der Waals surface area (Å²) in [5.41, 5.74) is 4.72. The largest absolute Gasteiger partial charge is 0.333 e. The summed E-state index contributed by atoms with van der Waals surface area (Å²) in [5.74, 6) is 0. The summed E-state index contributed by atoms with van der Waals surface area (Å²) in [7, 11) is 0. The highest BCUT2D eigenvalue weighted by Gasteiger charge is 2.08. The van der Waals surface area contributed by atoms with Gasteiger partial charge in [-0.25, -0.2) is 9.97 Å². The third-order valence-electron chi connectivity index (χ3n) is 3.00. The van der Waals surface area contributed by atoms with E-state index < -0.39 is 0 Å². The second kappa shape index (κ2) is 5.09. The fourth-order valence-corrected chi connectivity index (χ4v) is 2.81. The standard InChI is InChI=1S/C15H13N3OS/c1-9-3-4-12-13(5-9)18-15(17-12)20-14-10(2)6-11(8-19)7-16-14/h3-8H,1-2H3,(H,17,18). The molecular formula is C15H13N3OS. The second-order valence-electron chi connectivity index (χ2n) is 4.67. The zero-order valence-electron chi connectivity index (χ0n) is 11.2. The summed E-state index contributed by atoms with van der Waals surface area (Å²) >= 11 is 1.47. The van der Waals surface area contributed by atoms with Crippen molar-refractivity contribution in [2.24, 2.45) is 0 Å².